The summed E-state index contributed by atoms with van der Waals surface area (Å²) in [7, 11) is 0. The van der Waals surface area contributed by atoms with Crippen LogP contribution in [-0.4, -0.2) is 48.0 Å². The van der Waals surface area contributed by atoms with Crippen LogP contribution in [0.2, 0.25) is 0 Å². The molecular formula is C9H19NO2. The molecule has 0 aromatic rings. The van der Waals surface area contributed by atoms with Gasteiger partial charge in [-0.2, -0.15) is 0 Å². The standard InChI is InChI=1S/C9H19NO2/c1-9(2,3)12-5-4-10-6-8(11)7-10/h8,11H,4-7H2,1-3H3. The Bertz CT molecular complexity index is 136. The molecule has 0 bridgehead atoms. The number of nitrogens with zero attached hydrogens (tertiary/aromatic N) is 1. The van der Waals surface area contributed by atoms with Gasteiger partial charge in [0.15, 0.2) is 0 Å². The molecule has 0 saturated carbocycles. The first kappa shape index (κ1) is 9.96. The van der Waals surface area contributed by atoms with Gasteiger partial charge in [-0.15, -0.1) is 0 Å². The molecule has 0 unspecified atom stereocenters. The Morgan fingerprint density at radius 1 is 1.42 bits per heavy atom. The second-order valence-corrected chi connectivity index (χ2v) is 4.37. The van der Waals surface area contributed by atoms with E-state index in [2.05, 4.69) is 25.7 Å². The van der Waals surface area contributed by atoms with E-state index in [9.17, 15) is 0 Å². The second-order valence-electron chi connectivity index (χ2n) is 4.37. The van der Waals surface area contributed by atoms with Crippen molar-refractivity contribution >= 4 is 0 Å². The number of rotatable bonds is 3. The van der Waals surface area contributed by atoms with Crippen LogP contribution >= 0.6 is 0 Å². The maximum Gasteiger partial charge on any atom is 0.0793 e. The van der Waals surface area contributed by atoms with Crippen LogP contribution in [-0.2, 0) is 4.74 Å². The maximum atomic E-state index is 9.00. The van der Waals surface area contributed by atoms with Crippen LogP contribution in [0.4, 0.5) is 0 Å². The highest BCUT2D eigenvalue weighted by Gasteiger charge is 2.23. The van der Waals surface area contributed by atoms with E-state index in [0.717, 1.165) is 26.2 Å². The van der Waals surface area contributed by atoms with Gasteiger partial charge in [-0.3, -0.25) is 4.90 Å². The summed E-state index contributed by atoms with van der Waals surface area (Å²) in [5.74, 6) is 0. The minimum Gasteiger partial charge on any atom is -0.390 e. The number of β-amino-alcohol motifs (C(OH)–C–C–N with tert-alkyl or cyclic N) is 1. The highest BCUT2D eigenvalue weighted by atomic mass is 16.5. The normalized spacial score (nSPS) is 21.0. The van der Waals surface area contributed by atoms with E-state index < -0.39 is 0 Å². The summed E-state index contributed by atoms with van der Waals surface area (Å²) in [4.78, 5) is 2.19. The monoisotopic (exact) mass is 173 g/mol. The molecule has 3 nitrogen and oxygen atoms in total. The fourth-order valence-corrected chi connectivity index (χ4v) is 1.21. The molecule has 0 aliphatic carbocycles. The average Bonchev–Trinajstić information content (AvgIpc) is 1.81. The number of aliphatic hydroxyl groups is 1. The van der Waals surface area contributed by atoms with Gasteiger partial charge >= 0.3 is 0 Å². The van der Waals surface area contributed by atoms with Crippen molar-refractivity contribution in [1.29, 1.82) is 0 Å². The summed E-state index contributed by atoms with van der Waals surface area (Å²) < 4.78 is 5.55. The molecule has 72 valence electrons. The largest absolute Gasteiger partial charge is 0.390 e. The molecule has 3 heteroatoms. The number of ether oxygens (including phenoxy) is 1. The summed E-state index contributed by atoms with van der Waals surface area (Å²) in [6.45, 7) is 9.49. The van der Waals surface area contributed by atoms with Gasteiger partial charge in [-0.1, -0.05) is 0 Å². The SMILES string of the molecule is CC(C)(C)OCCN1CC(O)C1. The van der Waals surface area contributed by atoms with Gasteiger partial charge < -0.3 is 9.84 Å². The van der Waals surface area contributed by atoms with Crippen molar-refractivity contribution in [1.82, 2.24) is 4.90 Å². The first-order chi connectivity index (χ1) is 5.47. The topological polar surface area (TPSA) is 32.7 Å². The van der Waals surface area contributed by atoms with E-state index in [0.29, 0.717) is 0 Å². The second kappa shape index (κ2) is 3.73. The fraction of sp³-hybridized carbons (Fsp3) is 1.00. The minimum atomic E-state index is -0.0976. The van der Waals surface area contributed by atoms with Gasteiger partial charge in [0.25, 0.3) is 0 Å². The van der Waals surface area contributed by atoms with Crippen LogP contribution in [0.25, 0.3) is 0 Å². The van der Waals surface area contributed by atoms with Crippen molar-refractivity contribution in [2.45, 2.75) is 32.5 Å². The van der Waals surface area contributed by atoms with Gasteiger partial charge in [0, 0.05) is 19.6 Å². The summed E-state index contributed by atoms with van der Waals surface area (Å²) in [5.41, 5.74) is -0.0382. The van der Waals surface area contributed by atoms with Crippen LogP contribution < -0.4 is 0 Å². The Morgan fingerprint density at radius 3 is 2.42 bits per heavy atom. The van der Waals surface area contributed by atoms with E-state index in [1.54, 1.807) is 0 Å². The fourth-order valence-electron chi connectivity index (χ4n) is 1.21. The molecule has 0 spiro atoms. The summed E-state index contributed by atoms with van der Waals surface area (Å²) in [6, 6.07) is 0. The molecule has 0 amide bonds. The van der Waals surface area contributed by atoms with Gasteiger partial charge in [0.1, 0.15) is 0 Å². The molecule has 1 aliphatic rings. The average molecular weight is 173 g/mol. The lowest BCUT2D eigenvalue weighted by Crippen LogP contribution is -2.51. The predicted octanol–water partition coefficient (Wildman–Crippen LogP) is 0.478. The zero-order chi connectivity index (χ0) is 9.19. The van der Waals surface area contributed by atoms with Crippen molar-refractivity contribution in [3.8, 4) is 0 Å². The molecule has 0 atom stereocenters. The third-order valence-corrected chi connectivity index (χ3v) is 1.88. The van der Waals surface area contributed by atoms with E-state index in [4.69, 9.17) is 9.84 Å². The summed E-state index contributed by atoms with van der Waals surface area (Å²) in [5, 5.41) is 9.00. The van der Waals surface area contributed by atoms with Crippen LogP contribution in [0.5, 0.6) is 0 Å². The zero-order valence-corrected chi connectivity index (χ0v) is 8.21. The van der Waals surface area contributed by atoms with E-state index >= 15 is 0 Å². The van der Waals surface area contributed by atoms with Gasteiger partial charge in [-0.05, 0) is 20.8 Å². The molecule has 1 saturated heterocycles. The summed E-state index contributed by atoms with van der Waals surface area (Å²) in [6.07, 6.45) is -0.0976. The van der Waals surface area contributed by atoms with E-state index in [1.165, 1.54) is 0 Å². The zero-order valence-electron chi connectivity index (χ0n) is 8.21. The van der Waals surface area contributed by atoms with E-state index in [1.807, 2.05) is 0 Å². The smallest absolute Gasteiger partial charge is 0.0793 e. The van der Waals surface area contributed by atoms with E-state index in [-0.39, 0.29) is 11.7 Å². The van der Waals surface area contributed by atoms with Crippen LogP contribution in [0.1, 0.15) is 20.8 Å². The third-order valence-electron chi connectivity index (χ3n) is 1.88. The highest BCUT2D eigenvalue weighted by Crippen LogP contribution is 2.09. The Balaban J connectivity index is 1.97. The third kappa shape index (κ3) is 3.52. The number of aliphatic hydroxyl groups excluding tert-OH is 1. The molecule has 0 radical (unpaired) electrons. The lowest BCUT2D eigenvalue weighted by molar-refractivity contribution is -0.0472. The predicted molar refractivity (Wildman–Crippen MR) is 48.2 cm³/mol. The maximum absolute atomic E-state index is 9.00. The number of hydrogen-bond acceptors (Lipinski definition) is 3. The number of likely N-dealkylation sites (tertiary alicyclic amines) is 1. The molecule has 0 aromatic carbocycles. The number of hydrogen-bond donors (Lipinski definition) is 1. The molecule has 12 heavy (non-hydrogen) atoms. The Hall–Kier alpha value is -0.120. The first-order valence-corrected chi connectivity index (χ1v) is 4.52. The van der Waals surface area contributed by atoms with Gasteiger partial charge in [-0.25, -0.2) is 0 Å². The van der Waals surface area contributed by atoms with Crippen molar-refractivity contribution < 1.29 is 9.84 Å². The minimum absolute atomic E-state index is 0.0382. The van der Waals surface area contributed by atoms with Gasteiger partial charge in [0.05, 0.1) is 18.3 Å². The molecule has 0 aromatic heterocycles. The summed E-state index contributed by atoms with van der Waals surface area (Å²) >= 11 is 0. The van der Waals surface area contributed by atoms with Crippen molar-refractivity contribution in [2.75, 3.05) is 26.2 Å². The molecular weight excluding hydrogens is 154 g/mol. The molecule has 1 N–H and O–H groups in total. The van der Waals surface area contributed by atoms with Crippen LogP contribution in [0.15, 0.2) is 0 Å². The Morgan fingerprint density at radius 2 is 2.00 bits per heavy atom. The first-order valence-electron chi connectivity index (χ1n) is 4.52. The Kier molecular flexibility index (Phi) is 3.09. The van der Waals surface area contributed by atoms with Crippen LogP contribution in [0.3, 0.4) is 0 Å². The lowest BCUT2D eigenvalue weighted by atomic mass is 10.2. The van der Waals surface area contributed by atoms with Crippen LogP contribution in [0, 0.1) is 0 Å². The highest BCUT2D eigenvalue weighted by molar-refractivity contribution is 4.78. The van der Waals surface area contributed by atoms with Crippen molar-refractivity contribution in [3.63, 3.8) is 0 Å². The van der Waals surface area contributed by atoms with Crippen molar-refractivity contribution in [2.24, 2.45) is 0 Å². The Labute approximate surface area is 74.3 Å². The van der Waals surface area contributed by atoms with Gasteiger partial charge in [0.2, 0.25) is 0 Å². The lowest BCUT2D eigenvalue weighted by Gasteiger charge is -2.36. The molecule has 1 aliphatic heterocycles. The molecule has 1 heterocycles. The quantitative estimate of drug-likeness (QED) is 0.673. The molecule has 1 fully saturated rings. The molecule has 1 rings (SSSR count). The van der Waals surface area contributed by atoms with Crippen molar-refractivity contribution in [3.05, 3.63) is 0 Å².